The topological polar surface area (TPSA) is 93.0 Å². The van der Waals surface area contributed by atoms with Gasteiger partial charge in [0, 0.05) is 28.8 Å². The molecule has 0 spiro atoms. The van der Waals surface area contributed by atoms with Gasteiger partial charge in [-0.2, -0.15) is 0 Å². The van der Waals surface area contributed by atoms with Crippen LogP contribution >= 0.6 is 15.9 Å². The summed E-state index contributed by atoms with van der Waals surface area (Å²) in [6, 6.07) is 14.6. The number of anilines is 2. The number of aromatic nitrogens is 4. The minimum absolute atomic E-state index is 0.0495. The van der Waals surface area contributed by atoms with Crippen LogP contribution in [0.1, 0.15) is 6.42 Å². The van der Waals surface area contributed by atoms with Crippen LogP contribution in [0.3, 0.4) is 0 Å². The van der Waals surface area contributed by atoms with Gasteiger partial charge in [-0.25, -0.2) is 4.68 Å². The third-order valence-electron chi connectivity index (χ3n) is 4.38. The number of carbonyl (C=O) groups is 2. The molecule has 4 rings (SSSR count). The first kappa shape index (κ1) is 17.3. The normalized spacial score (nSPS) is 16.6. The number of benzene rings is 2. The first-order valence-electron chi connectivity index (χ1n) is 8.30. The molecule has 1 saturated heterocycles. The van der Waals surface area contributed by atoms with E-state index >= 15 is 0 Å². The number of hydrogen-bond donors (Lipinski definition) is 1. The van der Waals surface area contributed by atoms with E-state index in [0.717, 1.165) is 15.8 Å². The van der Waals surface area contributed by atoms with Crippen molar-refractivity contribution in [2.75, 3.05) is 16.8 Å². The van der Waals surface area contributed by atoms with E-state index in [1.54, 1.807) is 29.2 Å². The molecule has 3 aromatic rings. The van der Waals surface area contributed by atoms with Crippen molar-refractivity contribution in [1.82, 2.24) is 20.2 Å². The van der Waals surface area contributed by atoms with Gasteiger partial charge in [-0.3, -0.25) is 9.59 Å². The summed E-state index contributed by atoms with van der Waals surface area (Å²) in [6.07, 6.45) is 1.69. The molecule has 2 amide bonds. The Balaban J connectivity index is 1.41. The van der Waals surface area contributed by atoms with Crippen molar-refractivity contribution in [3.63, 3.8) is 0 Å². The number of halogens is 1. The SMILES string of the molecule is O=C(Nc1ccc(-n2cnnn2)cc1)C1CC(=O)N(c2ccc(Br)cc2)C1. The van der Waals surface area contributed by atoms with Crippen molar-refractivity contribution in [1.29, 1.82) is 0 Å². The molecule has 1 N–H and O–H groups in total. The smallest absolute Gasteiger partial charge is 0.229 e. The predicted molar refractivity (Wildman–Crippen MR) is 102 cm³/mol. The molecule has 2 heterocycles. The molecule has 9 heteroatoms. The Kier molecular flexibility index (Phi) is 4.68. The molecule has 0 radical (unpaired) electrons. The zero-order valence-corrected chi connectivity index (χ0v) is 15.7. The van der Waals surface area contributed by atoms with Gasteiger partial charge in [0.1, 0.15) is 6.33 Å². The predicted octanol–water partition coefficient (Wildman–Crippen LogP) is 2.42. The van der Waals surface area contributed by atoms with Crippen molar-refractivity contribution in [2.45, 2.75) is 6.42 Å². The lowest BCUT2D eigenvalue weighted by Gasteiger charge is -2.17. The van der Waals surface area contributed by atoms with Gasteiger partial charge in [0.15, 0.2) is 0 Å². The minimum atomic E-state index is -0.389. The van der Waals surface area contributed by atoms with Crippen molar-refractivity contribution in [3.8, 4) is 5.69 Å². The Morgan fingerprint density at radius 2 is 1.78 bits per heavy atom. The van der Waals surface area contributed by atoms with E-state index in [2.05, 4.69) is 36.8 Å². The van der Waals surface area contributed by atoms with Gasteiger partial charge in [-0.05, 0) is 59.0 Å². The lowest BCUT2D eigenvalue weighted by molar-refractivity contribution is -0.122. The lowest BCUT2D eigenvalue weighted by Crippen LogP contribution is -2.28. The highest BCUT2D eigenvalue weighted by molar-refractivity contribution is 9.10. The van der Waals surface area contributed by atoms with Crippen LogP contribution in [0.2, 0.25) is 0 Å². The van der Waals surface area contributed by atoms with Crippen LogP contribution in [0.25, 0.3) is 5.69 Å². The molecular formula is C18H15BrN6O2. The number of rotatable bonds is 4. The van der Waals surface area contributed by atoms with Crippen LogP contribution in [0.5, 0.6) is 0 Å². The van der Waals surface area contributed by atoms with Crippen molar-refractivity contribution in [2.24, 2.45) is 5.92 Å². The fourth-order valence-electron chi connectivity index (χ4n) is 2.98. The molecule has 2 aromatic carbocycles. The second-order valence-corrected chi connectivity index (χ2v) is 7.09. The van der Waals surface area contributed by atoms with Crippen LogP contribution in [-0.2, 0) is 9.59 Å². The summed E-state index contributed by atoms with van der Waals surface area (Å²) in [6.45, 7) is 0.370. The van der Waals surface area contributed by atoms with Crippen LogP contribution in [0.15, 0.2) is 59.3 Å². The van der Waals surface area contributed by atoms with Gasteiger partial charge in [-0.15, -0.1) is 5.10 Å². The maximum absolute atomic E-state index is 12.6. The number of carbonyl (C=O) groups excluding carboxylic acids is 2. The van der Waals surface area contributed by atoms with E-state index < -0.39 is 0 Å². The molecular weight excluding hydrogens is 412 g/mol. The zero-order chi connectivity index (χ0) is 18.8. The maximum atomic E-state index is 12.6. The summed E-state index contributed by atoms with van der Waals surface area (Å²) in [4.78, 5) is 26.5. The molecule has 1 aliphatic rings. The fourth-order valence-corrected chi connectivity index (χ4v) is 3.24. The van der Waals surface area contributed by atoms with Crippen molar-refractivity contribution in [3.05, 3.63) is 59.3 Å². The second kappa shape index (κ2) is 7.28. The Morgan fingerprint density at radius 3 is 2.44 bits per heavy atom. The highest BCUT2D eigenvalue weighted by Gasteiger charge is 2.35. The number of amides is 2. The summed E-state index contributed by atoms with van der Waals surface area (Å²) >= 11 is 3.38. The van der Waals surface area contributed by atoms with Gasteiger partial charge in [0.25, 0.3) is 0 Å². The van der Waals surface area contributed by atoms with E-state index in [4.69, 9.17) is 0 Å². The van der Waals surface area contributed by atoms with Gasteiger partial charge in [-0.1, -0.05) is 15.9 Å². The molecule has 8 nitrogen and oxygen atoms in total. The Morgan fingerprint density at radius 1 is 1.07 bits per heavy atom. The fraction of sp³-hybridized carbons (Fsp3) is 0.167. The average Bonchev–Trinajstić information content (AvgIpc) is 3.33. The van der Waals surface area contributed by atoms with Crippen LogP contribution in [0, 0.1) is 5.92 Å². The molecule has 1 aliphatic heterocycles. The summed E-state index contributed by atoms with van der Waals surface area (Å²) in [5.41, 5.74) is 2.24. The van der Waals surface area contributed by atoms with E-state index in [1.807, 2.05) is 24.3 Å². The molecule has 136 valence electrons. The minimum Gasteiger partial charge on any atom is -0.326 e. The summed E-state index contributed by atoms with van der Waals surface area (Å²) in [7, 11) is 0. The Hall–Kier alpha value is -3.07. The number of nitrogens with one attached hydrogen (secondary N) is 1. The maximum Gasteiger partial charge on any atom is 0.229 e. The third kappa shape index (κ3) is 3.72. The standard InChI is InChI=1S/C18H15BrN6O2/c19-13-1-5-15(6-2-13)24-10-12(9-17(24)26)18(27)21-14-3-7-16(8-4-14)25-11-20-22-23-25/h1-8,11-12H,9-10H2,(H,21,27). The molecule has 1 unspecified atom stereocenters. The molecule has 1 aromatic heterocycles. The van der Waals surface area contributed by atoms with Crippen molar-refractivity contribution < 1.29 is 9.59 Å². The van der Waals surface area contributed by atoms with E-state index in [9.17, 15) is 9.59 Å². The van der Waals surface area contributed by atoms with E-state index in [1.165, 1.54) is 11.0 Å². The number of nitrogens with zero attached hydrogens (tertiary/aromatic N) is 5. The largest absolute Gasteiger partial charge is 0.326 e. The highest BCUT2D eigenvalue weighted by Crippen LogP contribution is 2.27. The molecule has 1 fully saturated rings. The third-order valence-corrected chi connectivity index (χ3v) is 4.91. The Bertz CT molecular complexity index is 957. The van der Waals surface area contributed by atoms with Gasteiger partial charge < -0.3 is 10.2 Å². The summed E-state index contributed by atoms with van der Waals surface area (Å²) in [5.74, 6) is -0.607. The van der Waals surface area contributed by atoms with Crippen LogP contribution in [0.4, 0.5) is 11.4 Å². The summed E-state index contributed by atoms with van der Waals surface area (Å²) < 4.78 is 2.47. The number of tetrazole rings is 1. The molecule has 1 atom stereocenters. The number of hydrogen-bond acceptors (Lipinski definition) is 5. The second-order valence-electron chi connectivity index (χ2n) is 6.17. The molecule has 0 aliphatic carbocycles. The van der Waals surface area contributed by atoms with Gasteiger partial charge in [0.05, 0.1) is 11.6 Å². The lowest BCUT2D eigenvalue weighted by atomic mass is 10.1. The summed E-state index contributed by atoms with van der Waals surface area (Å²) in [5, 5.41) is 13.9. The first-order chi connectivity index (χ1) is 13.1. The molecule has 0 bridgehead atoms. The quantitative estimate of drug-likeness (QED) is 0.691. The molecule has 0 saturated carbocycles. The van der Waals surface area contributed by atoms with Gasteiger partial charge >= 0.3 is 0 Å². The zero-order valence-electron chi connectivity index (χ0n) is 14.1. The monoisotopic (exact) mass is 426 g/mol. The average molecular weight is 427 g/mol. The van der Waals surface area contributed by atoms with Crippen molar-refractivity contribution >= 4 is 39.1 Å². The van der Waals surface area contributed by atoms with E-state index in [0.29, 0.717) is 12.2 Å². The van der Waals surface area contributed by atoms with Gasteiger partial charge in [0.2, 0.25) is 11.8 Å². The highest BCUT2D eigenvalue weighted by atomic mass is 79.9. The Labute approximate surface area is 163 Å². The van der Waals surface area contributed by atoms with Crippen LogP contribution < -0.4 is 10.2 Å². The molecule has 27 heavy (non-hydrogen) atoms. The van der Waals surface area contributed by atoms with E-state index in [-0.39, 0.29) is 24.2 Å². The van der Waals surface area contributed by atoms with Crippen LogP contribution in [-0.4, -0.2) is 38.6 Å². The first-order valence-corrected chi connectivity index (χ1v) is 9.10.